The van der Waals surface area contributed by atoms with Crippen molar-refractivity contribution in [1.29, 1.82) is 0 Å². The number of aromatic nitrogens is 3. The van der Waals surface area contributed by atoms with E-state index in [1.165, 1.54) is 0 Å². The van der Waals surface area contributed by atoms with Crippen LogP contribution in [0.1, 0.15) is 0 Å². The molecule has 2 N–H and O–H groups in total. The van der Waals surface area contributed by atoms with Gasteiger partial charge in [0.15, 0.2) is 0 Å². The first kappa shape index (κ1) is 10.6. The summed E-state index contributed by atoms with van der Waals surface area (Å²) in [5.74, 6) is 1.30. The molecule has 0 amide bonds. The fraction of sp³-hybridized carbons (Fsp3) is 0.0769. The summed E-state index contributed by atoms with van der Waals surface area (Å²) in [6.07, 6.45) is 5.47. The molecule has 3 heterocycles. The van der Waals surface area contributed by atoms with Crippen LogP contribution in [0.25, 0.3) is 16.9 Å². The Bertz CT molecular complexity index is 688. The SMILES string of the molecule is COc1ccn2c(-c3ccc(N)nc3)cnc2c1. The van der Waals surface area contributed by atoms with E-state index in [0.717, 1.165) is 22.7 Å². The number of nitrogens with two attached hydrogens (primary N) is 1. The lowest BCUT2D eigenvalue weighted by atomic mass is 10.2. The first-order chi connectivity index (χ1) is 8.78. The standard InChI is InChI=1S/C13H12N4O/c1-18-10-4-5-17-11(8-16-13(17)6-10)9-2-3-12(14)15-7-9/h2-8H,1H3,(H2,14,15). The molecule has 3 rings (SSSR count). The molecule has 3 aromatic heterocycles. The van der Waals surface area contributed by atoms with Crippen molar-refractivity contribution in [2.75, 3.05) is 12.8 Å². The average molecular weight is 240 g/mol. The lowest BCUT2D eigenvalue weighted by Crippen LogP contribution is -1.92. The summed E-state index contributed by atoms with van der Waals surface area (Å²) in [6, 6.07) is 7.48. The number of ether oxygens (including phenoxy) is 1. The number of pyridine rings is 2. The Morgan fingerprint density at radius 3 is 2.78 bits per heavy atom. The second kappa shape index (κ2) is 4.03. The van der Waals surface area contributed by atoms with E-state index >= 15 is 0 Å². The Kier molecular flexibility index (Phi) is 2.37. The molecule has 0 bridgehead atoms. The number of imidazole rings is 1. The van der Waals surface area contributed by atoms with E-state index in [9.17, 15) is 0 Å². The second-order valence-electron chi connectivity index (χ2n) is 3.91. The maximum atomic E-state index is 5.58. The van der Waals surface area contributed by atoms with Gasteiger partial charge in [0.25, 0.3) is 0 Å². The zero-order chi connectivity index (χ0) is 12.5. The summed E-state index contributed by atoms with van der Waals surface area (Å²) in [5, 5.41) is 0. The van der Waals surface area contributed by atoms with Gasteiger partial charge in [-0.15, -0.1) is 0 Å². The number of rotatable bonds is 2. The van der Waals surface area contributed by atoms with Crippen molar-refractivity contribution in [2.45, 2.75) is 0 Å². The van der Waals surface area contributed by atoms with Gasteiger partial charge in [0.05, 0.1) is 19.0 Å². The van der Waals surface area contributed by atoms with Crippen molar-refractivity contribution in [3.8, 4) is 17.0 Å². The smallest absolute Gasteiger partial charge is 0.140 e. The second-order valence-corrected chi connectivity index (χ2v) is 3.91. The van der Waals surface area contributed by atoms with E-state index in [2.05, 4.69) is 9.97 Å². The number of nitrogen functional groups attached to an aromatic ring is 1. The predicted octanol–water partition coefficient (Wildman–Crippen LogP) is 1.99. The van der Waals surface area contributed by atoms with Crippen LogP contribution in [0.3, 0.4) is 0 Å². The van der Waals surface area contributed by atoms with Gasteiger partial charge in [-0.05, 0) is 18.2 Å². The Morgan fingerprint density at radius 2 is 2.06 bits per heavy atom. The molecule has 0 saturated carbocycles. The fourth-order valence-electron chi connectivity index (χ4n) is 1.86. The molecule has 0 spiro atoms. The van der Waals surface area contributed by atoms with Gasteiger partial charge >= 0.3 is 0 Å². The zero-order valence-corrected chi connectivity index (χ0v) is 9.87. The number of hydrogen-bond donors (Lipinski definition) is 1. The van der Waals surface area contributed by atoms with Gasteiger partial charge in [-0.2, -0.15) is 0 Å². The molecule has 0 radical (unpaired) electrons. The molecule has 0 aromatic carbocycles. The third kappa shape index (κ3) is 1.66. The first-order valence-electron chi connectivity index (χ1n) is 5.51. The lowest BCUT2D eigenvalue weighted by Gasteiger charge is -2.03. The molecule has 90 valence electrons. The molecular weight excluding hydrogens is 228 g/mol. The molecule has 3 aromatic rings. The van der Waals surface area contributed by atoms with Crippen molar-refractivity contribution in [1.82, 2.24) is 14.4 Å². The molecule has 18 heavy (non-hydrogen) atoms. The van der Waals surface area contributed by atoms with Gasteiger partial charge in [0, 0.05) is 24.0 Å². The molecule has 0 unspecified atom stereocenters. The van der Waals surface area contributed by atoms with Crippen molar-refractivity contribution in [3.05, 3.63) is 42.9 Å². The average Bonchev–Trinajstić information content (AvgIpc) is 2.82. The van der Waals surface area contributed by atoms with E-state index in [4.69, 9.17) is 10.5 Å². The van der Waals surface area contributed by atoms with Crippen molar-refractivity contribution in [2.24, 2.45) is 0 Å². The van der Waals surface area contributed by atoms with Crippen LogP contribution in [0, 0.1) is 0 Å². The van der Waals surface area contributed by atoms with Crippen molar-refractivity contribution in [3.63, 3.8) is 0 Å². The van der Waals surface area contributed by atoms with E-state index < -0.39 is 0 Å². The quantitative estimate of drug-likeness (QED) is 0.744. The molecule has 0 aliphatic rings. The molecule has 0 aliphatic carbocycles. The molecule has 5 nitrogen and oxygen atoms in total. The Hall–Kier alpha value is -2.56. The number of hydrogen-bond acceptors (Lipinski definition) is 4. The Morgan fingerprint density at radius 1 is 1.17 bits per heavy atom. The third-order valence-electron chi connectivity index (χ3n) is 2.80. The van der Waals surface area contributed by atoms with Gasteiger partial charge in [-0.25, -0.2) is 9.97 Å². The van der Waals surface area contributed by atoms with Crippen LogP contribution in [0.5, 0.6) is 5.75 Å². The zero-order valence-electron chi connectivity index (χ0n) is 9.87. The van der Waals surface area contributed by atoms with Gasteiger partial charge in [0.2, 0.25) is 0 Å². The largest absolute Gasteiger partial charge is 0.497 e. The summed E-state index contributed by atoms with van der Waals surface area (Å²) >= 11 is 0. The van der Waals surface area contributed by atoms with Crippen LogP contribution in [0.15, 0.2) is 42.9 Å². The maximum absolute atomic E-state index is 5.58. The highest BCUT2D eigenvalue weighted by atomic mass is 16.5. The normalized spacial score (nSPS) is 10.7. The summed E-state index contributed by atoms with van der Waals surface area (Å²) in [6.45, 7) is 0. The van der Waals surface area contributed by atoms with Crippen molar-refractivity contribution < 1.29 is 4.74 Å². The highest BCUT2D eigenvalue weighted by Crippen LogP contribution is 2.22. The third-order valence-corrected chi connectivity index (χ3v) is 2.80. The summed E-state index contributed by atoms with van der Waals surface area (Å²) in [7, 11) is 1.64. The van der Waals surface area contributed by atoms with Crippen LogP contribution in [-0.4, -0.2) is 21.5 Å². The minimum absolute atomic E-state index is 0.509. The van der Waals surface area contributed by atoms with E-state index in [-0.39, 0.29) is 0 Å². The topological polar surface area (TPSA) is 65.4 Å². The first-order valence-corrected chi connectivity index (χ1v) is 5.51. The van der Waals surface area contributed by atoms with Gasteiger partial charge in [-0.1, -0.05) is 0 Å². The monoisotopic (exact) mass is 240 g/mol. The fourth-order valence-corrected chi connectivity index (χ4v) is 1.86. The van der Waals surface area contributed by atoms with Crippen LogP contribution in [0.4, 0.5) is 5.82 Å². The predicted molar refractivity (Wildman–Crippen MR) is 69.4 cm³/mol. The van der Waals surface area contributed by atoms with E-state index in [1.54, 1.807) is 19.4 Å². The van der Waals surface area contributed by atoms with Crippen LogP contribution >= 0.6 is 0 Å². The molecule has 0 aliphatic heterocycles. The molecule has 0 atom stereocenters. The highest BCUT2D eigenvalue weighted by Gasteiger charge is 2.06. The van der Waals surface area contributed by atoms with Crippen molar-refractivity contribution >= 4 is 11.5 Å². The van der Waals surface area contributed by atoms with Crippen LogP contribution in [-0.2, 0) is 0 Å². The van der Waals surface area contributed by atoms with E-state index in [0.29, 0.717) is 5.82 Å². The maximum Gasteiger partial charge on any atom is 0.140 e. The van der Waals surface area contributed by atoms with Gasteiger partial charge in [-0.3, -0.25) is 4.40 Å². The number of anilines is 1. The minimum atomic E-state index is 0.509. The van der Waals surface area contributed by atoms with Crippen LogP contribution in [0.2, 0.25) is 0 Å². The number of methoxy groups -OCH3 is 1. The molecular formula is C13H12N4O. The van der Waals surface area contributed by atoms with Gasteiger partial charge < -0.3 is 10.5 Å². The molecule has 0 fully saturated rings. The van der Waals surface area contributed by atoms with Gasteiger partial charge in [0.1, 0.15) is 17.2 Å². The summed E-state index contributed by atoms with van der Waals surface area (Å²) < 4.78 is 7.15. The summed E-state index contributed by atoms with van der Waals surface area (Å²) in [4.78, 5) is 8.44. The number of nitrogens with zero attached hydrogens (tertiary/aromatic N) is 3. The Balaban J connectivity index is 2.15. The minimum Gasteiger partial charge on any atom is -0.497 e. The molecule has 0 saturated heterocycles. The Labute approximate surface area is 104 Å². The molecule has 5 heteroatoms. The highest BCUT2D eigenvalue weighted by molar-refractivity contribution is 5.64. The van der Waals surface area contributed by atoms with E-state index in [1.807, 2.05) is 35.0 Å². The lowest BCUT2D eigenvalue weighted by molar-refractivity contribution is 0.414. The number of fused-ring (bicyclic) bond motifs is 1. The van der Waals surface area contributed by atoms with Crippen LogP contribution < -0.4 is 10.5 Å². The summed E-state index contributed by atoms with van der Waals surface area (Å²) in [5.41, 5.74) is 8.36.